The maximum atomic E-state index is 9.79. The Morgan fingerprint density at radius 1 is 1.29 bits per heavy atom. The van der Waals surface area contributed by atoms with Crippen LogP contribution in [0.25, 0.3) is 0 Å². The number of hydrogen-bond donors (Lipinski definition) is 2. The Hall–Kier alpha value is -0.860. The Bertz CT molecular complexity index is 273. The van der Waals surface area contributed by atoms with Crippen LogP contribution in [0, 0.1) is 5.92 Å². The first kappa shape index (κ1) is 9.69. The average Bonchev–Trinajstić information content (AvgIpc) is 2.23. The van der Waals surface area contributed by atoms with Crippen LogP contribution in [-0.2, 0) is 6.42 Å². The third-order valence-corrected chi connectivity index (χ3v) is 2.91. The fourth-order valence-corrected chi connectivity index (χ4v) is 2.03. The number of aliphatic hydroxyl groups excluding tert-OH is 1. The van der Waals surface area contributed by atoms with Gasteiger partial charge in [-0.1, -0.05) is 30.3 Å². The summed E-state index contributed by atoms with van der Waals surface area (Å²) in [7, 11) is 0. The zero-order chi connectivity index (χ0) is 9.80. The van der Waals surface area contributed by atoms with E-state index in [0.29, 0.717) is 5.92 Å². The third-order valence-electron chi connectivity index (χ3n) is 2.91. The van der Waals surface area contributed by atoms with E-state index in [0.717, 1.165) is 25.9 Å². The van der Waals surface area contributed by atoms with Gasteiger partial charge in [0, 0.05) is 12.5 Å². The first-order valence-electron chi connectivity index (χ1n) is 5.29. The molecule has 0 bridgehead atoms. The van der Waals surface area contributed by atoms with Crippen molar-refractivity contribution in [1.29, 1.82) is 0 Å². The molecule has 2 atom stereocenters. The molecule has 14 heavy (non-hydrogen) atoms. The molecule has 1 fully saturated rings. The Morgan fingerprint density at radius 2 is 2.07 bits per heavy atom. The van der Waals surface area contributed by atoms with Gasteiger partial charge in [0.1, 0.15) is 0 Å². The summed E-state index contributed by atoms with van der Waals surface area (Å²) >= 11 is 0. The molecular weight excluding hydrogens is 174 g/mol. The maximum absolute atomic E-state index is 9.79. The van der Waals surface area contributed by atoms with Crippen molar-refractivity contribution in [3.8, 4) is 0 Å². The van der Waals surface area contributed by atoms with E-state index in [4.69, 9.17) is 0 Å². The molecule has 76 valence electrons. The van der Waals surface area contributed by atoms with Crippen LogP contribution in [0.15, 0.2) is 30.3 Å². The van der Waals surface area contributed by atoms with Crippen LogP contribution in [0.5, 0.6) is 0 Å². The molecule has 0 aromatic heterocycles. The van der Waals surface area contributed by atoms with Crippen molar-refractivity contribution in [2.75, 3.05) is 13.1 Å². The molecule has 1 heterocycles. The van der Waals surface area contributed by atoms with Crippen molar-refractivity contribution < 1.29 is 5.11 Å². The van der Waals surface area contributed by atoms with Gasteiger partial charge in [-0.2, -0.15) is 0 Å². The molecule has 0 saturated carbocycles. The molecule has 0 unspecified atom stereocenters. The summed E-state index contributed by atoms with van der Waals surface area (Å²) in [6.45, 7) is 1.89. The predicted molar refractivity (Wildman–Crippen MR) is 57.1 cm³/mol. The van der Waals surface area contributed by atoms with Crippen LogP contribution in [0.4, 0.5) is 0 Å². The van der Waals surface area contributed by atoms with E-state index in [1.807, 2.05) is 6.07 Å². The molecule has 2 heteroatoms. The third kappa shape index (κ3) is 2.34. The van der Waals surface area contributed by atoms with E-state index in [1.165, 1.54) is 5.56 Å². The summed E-state index contributed by atoms with van der Waals surface area (Å²) in [5, 5.41) is 13.1. The molecule has 1 aromatic carbocycles. The van der Waals surface area contributed by atoms with Gasteiger partial charge in [-0.15, -0.1) is 0 Å². The van der Waals surface area contributed by atoms with Crippen LogP contribution < -0.4 is 5.32 Å². The minimum Gasteiger partial charge on any atom is -0.393 e. The molecule has 2 nitrogen and oxygen atoms in total. The Labute approximate surface area is 85.0 Å². The van der Waals surface area contributed by atoms with Crippen LogP contribution in [0.2, 0.25) is 0 Å². The molecule has 1 saturated heterocycles. The highest BCUT2D eigenvalue weighted by molar-refractivity contribution is 5.15. The normalized spacial score (nSPS) is 27.5. The van der Waals surface area contributed by atoms with Crippen molar-refractivity contribution >= 4 is 0 Å². The summed E-state index contributed by atoms with van der Waals surface area (Å²) in [5.41, 5.74) is 1.32. The van der Waals surface area contributed by atoms with Gasteiger partial charge in [0.05, 0.1) is 6.10 Å². The van der Waals surface area contributed by atoms with Gasteiger partial charge in [-0.05, 0) is 24.9 Å². The number of aliphatic hydroxyl groups is 1. The van der Waals surface area contributed by atoms with E-state index in [2.05, 4.69) is 29.6 Å². The van der Waals surface area contributed by atoms with E-state index < -0.39 is 0 Å². The highest BCUT2D eigenvalue weighted by Crippen LogP contribution is 2.16. The monoisotopic (exact) mass is 191 g/mol. The molecular formula is C12H17NO. The lowest BCUT2D eigenvalue weighted by molar-refractivity contribution is 0.0791. The van der Waals surface area contributed by atoms with E-state index in [1.54, 1.807) is 0 Å². The highest BCUT2D eigenvalue weighted by atomic mass is 16.3. The number of benzene rings is 1. The summed E-state index contributed by atoms with van der Waals surface area (Å²) in [6, 6.07) is 10.4. The van der Waals surface area contributed by atoms with Gasteiger partial charge < -0.3 is 10.4 Å². The molecule has 1 aliphatic heterocycles. The van der Waals surface area contributed by atoms with Crippen LogP contribution >= 0.6 is 0 Å². The van der Waals surface area contributed by atoms with E-state index >= 15 is 0 Å². The Kier molecular flexibility index (Phi) is 3.17. The van der Waals surface area contributed by atoms with Crippen LogP contribution in [0.1, 0.15) is 12.0 Å². The second-order valence-electron chi connectivity index (χ2n) is 4.01. The highest BCUT2D eigenvalue weighted by Gasteiger charge is 2.22. The Balaban J connectivity index is 1.96. The first-order valence-corrected chi connectivity index (χ1v) is 5.29. The summed E-state index contributed by atoms with van der Waals surface area (Å²) < 4.78 is 0. The fourth-order valence-electron chi connectivity index (χ4n) is 2.03. The number of rotatable bonds is 2. The molecule has 2 N–H and O–H groups in total. The van der Waals surface area contributed by atoms with Gasteiger partial charge in [0.25, 0.3) is 0 Å². The van der Waals surface area contributed by atoms with Crippen molar-refractivity contribution in [2.45, 2.75) is 18.9 Å². The average molecular weight is 191 g/mol. The van der Waals surface area contributed by atoms with E-state index in [9.17, 15) is 5.11 Å². The quantitative estimate of drug-likeness (QED) is 0.736. The second-order valence-corrected chi connectivity index (χ2v) is 4.01. The van der Waals surface area contributed by atoms with Crippen molar-refractivity contribution in [3.63, 3.8) is 0 Å². The molecule has 0 radical (unpaired) electrons. The number of piperidine rings is 1. The van der Waals surface area contributed by atoms with Gasteiger partial charge in [0.15, 0.2) is 0 Å². The summed E-state index contributed by atoms with van der Waals surface area (Å²) in [4.78, 5) is 0. The zero-order valence-corrected chi connectivity index (χ0v) is 8.32. The molecule has 0 amide bonds. The van der Waals surface area contributed by atoms with Crippen molar-refractivity contribution in [1.82, 2.24) is 5.32 Å². The minimum atomic E-state index is -0.128. The van der Waals surface area contributed by atoms with Crippen molar-refractivity contribution in [2.24, 2.45) is 5.92 Å². The second kappa shape index (κ2) is 4.58. The lowest BCUT2D eigenvalue weighted by atomic mass is 9.90. The van der Waals surface area contributed by atoms with E-state index in [-0.39, 0.29) is 6.10 Å². The van der Waals surface area contributed by atoms with Crippen molar-refractivity contribution in [3.05, 3.63) is 35.9 Å². The fraction of sp³-hybridized carbons (Fsp3) is 0.500. The van der Waals surface area contributed by atoms with Crippen LogP contribution in [0.3, 0.4) is 0 Å². The maximum Gasteiger partial charge on any atom is 0.0595 e. The Morgan fingerprint density at radius 3 is 2.79 bits per heavy atom. The molecule has 0 aliphatic carbocycles. The molecule has 1 aromatic rings. The van der Waals surface area contributed by atoms with Crippen LogP contribution in [-0.4, -0.2) is 24.3 Å². The van der Waals surface area contributed by atoms with Gasteiger partial charge in [-0.25, -0.2) is 0 Å². The number of hydrogen-bond acceptors (Lipinski definition) is 2. The standard InChI is InChI=1S/C12H17NO/c14-12-6-7-13-9-11(12)8-10-4-2-1-3-5-10/h1-5,11-14H,6-9H2/t11-,12+/m1/s1. The van der Waals surface area contributed by atoms with Gasteiger partial charge >= 0.3 is 0 Å². The van der Waals surface area contributed by atoms with Gasteiger partial charge in [-0.3, -0.25) is 0 Å². The predicted octanol–water partition coefficient (Wildman–Crippen LogP) is 1.20. The zero-order valence-electron chi connectivity index (χ0n) is 8.32. The SMILES string of the molecule is O[C@H]1CCNC[C@H]1Cc1ccccc1. The molecule has 2 rings (SSSR count). The number of nitrogens with one attached hydrogen (secondary N) is 1. The lowest BCUT2D eigenvalue weighted by Crippen LogP contribution is -2.40. The first-order chi connectivity index (χ1) is 6.86. The molecule has 0 spiro atoms. The lowest BCUT2D eigenvalue weighted by Gasteiger charge is -2.28. The topological polar surface area (TPSA) is 32.3 Å². The largest absolute Gasteiger partial charge is 0.393 e. The molecule has 1 aliphatic rings. The smallest absolute Gasteiger partial charge is 0.0595 e. The van der Waals surface area contributed by atoms with Gasteiger partial charge in [0.2, 0.25) is 0 Å². The summed E-state index contributed by atoms with van der Waals surface area (Å²) in [5.74, 6) is 0.381. The summed E-state index contributed by atoms with van der Waals surface area (Å²) in [6.07, 6.45) is 1.74. The minimum absolute atomic E-state index is 0.128.